The maximum atomic E-state index is 12.3. The van der Waals surface area contributed by atoms with Crippen LogP contribution >= 0.6 is 0 Å². The van der Waals surface area contributed by atoms with E-state index in [0.29, 0.717) is 18.9 Å². The highest BCUT2D eigenvalue weighted by atomic mass is 32.2. The first-order chi connectivity index (χ1) is 13.1. The lowest BCUT2D eigenvalue weighted by Gasteiger charge is -2.22. The van der Waals surface area contributed by atoms with Crippen molar-refractivity contribution in [3.63, 3.8) is 0 Å². The number of nitrogens with one attached hydrogen (secondary N) is 1. The Morgan fingerprint density at radius 3 is 2.44 bits per heavy atom. The SMILES string of the molecule is CCNC(=NCCS(=O)c1ccccc1)N(C)Cc1ccc(OCC)cc1. The van der Waals surface area contributed by atoms with Crippen molar-refractivity contribution in [2.45, 2.75) is 25.3 Å². The summed E-state index contributed by atoms with van der Waals surface area (Å²) in [5.41, 5.74) is 1.18. The van der Waals surface area contributed by atoms with E-state index in [2.05, 4.69) is 27.3 Å². The lowest BCUT2D eigenvalue weighted by molar-refractivity contribution is 0.340. The molecule has 2 aromatic rings. The Morgan fingerprint density at radius 1 is 1.11 bits per heavy atom. The molecule has 27 heavy (non-hydrogen) atoms. The number of nitrogens with zero attached hydrogens (tertiary/aromatic N) is 2. The highest BCUT2D eigenvalue weighted by molar-refractivity contribution is 7.85. The molecule has 1 atom stereocenters. The van der Waals surface area contributed by atoms with Crippen molar-refractivity contribution in [1.82, 2.24) is 10.2 Å². The van der Waals surface area contributed by atoms with E-state index in [1.165, 1.54) is 5.56 Å². The molecule has 5 nitrogen and oxygen atoms in total. The average Bonchev–Trinajstić information content (AvgIpc) is 2.69. The van der Waals surface area contributed by atoms with Crippen molar-refractivity contribution < 1.29 is 8.95 Å². The van der Waals surface area contributed by atoms with Gasteiger partial charge in [-0.05, 0) is 43.7 Å². The summed E-state index contributed by atoms with van der Waals surface area (Å²) >= 11 is 0. The second-order valence-corrected chi connectivity index (χ2v) is 7.60. The van der Waals surface area contributed by atoms with Gasteiger partial charge in [0.05, 0.1) is 24.0 Å². The van der Waals surface area contributed by atoms with E-state index >= 15 is 0 Å². The first-order valence-electron chi connectivity index (χ1n) is 9.28. The third-order valence-corrected chi connectivity index (χ3v) is 5.25. The fourth-order valence-corrected chi connectivity index (χ4v) is 3.55. The fourth-order valence-electron chi connectivity index (χ4n) is 2.60. The Kier molecular flexibility index (Phi) is 8.84. The number of ether oxygens (including phenoxy) is 1. The van der Waals surface area contributed by atoms with E-state index in [9.17, 15) is 4.21 Å². The third-order valence-electron chi connectivity index (χ3n) is 3.89. The van der Waals surface area contributed by atoms with Gasteiger partial charge in [0.1, 0.15) is 5.75 Å². The molecule has 0 heterocycles. The van der Waals surface area contributed by atoms with Gasteiger partial charge in [-0.15, -0.1) is 0 Å². The van der Waals surface area contributed by atoms with Crippen LogP contribution in [0.2, 0.25) is 0 Å². The molecule has 6 heteroatoms. The van der Waals surface area contributed by atoms with Crippen LogP contribution in [-0.2, 0) is 17.3 Å². The van der Waals surface area contributed by atoms with E-state index in [0.717, 1.165) is 29.7 Å². The molecule has 146 valence electrons. The van der Waals surface area contributed by atoms with Crippen LogP contribution in [0.15, 0.2) is 64.5 Å². The predicted octanol–water partition coefficient (Wildman–Crippen LogP) is 3.29. The Morgan fingerprint density at radius 2 is 1.81 bits per heavy atom. The zero-order valence-corrected chi connectivity index (χ0v) is 17.2. The topological polar surface area (TPSA) is 53.9 Å². The van der Waals surface area contributed by atoms with Gasteiger partial charge >= 0.3 is 0 Å². The molecule has 0 aliphatic heterocycles. The van der Waals surface area contributed by atoms with Crippen molar-refractivity contribution >= 4 is 16.8 Å². The van der Waals surface area contributed by atoms with Crippen molar-refractivity contribution in [2.24, 2.45) is 4.99 Å². The van der Waals surface area contributed by atoms with Gasteiger partial charge in [-0.3, -0.25) is 9.20 Å². The fraction of sp³-hybridized carbons (Fsp3) is 0.381. The number of guanidine groups is 1. The molecular weight excluding hydrogens is 358 g/mol. The summed E-state index contributed by atoms with van der Waals surface area (Å²) in [5, 5.41) is 3.30. The van der Waals surface area contributed by atoms with Gasteiger partial charge in [-0.2, -0.15) is 0 Å². The molecule has 0 fully saturated rings. The molecule has 0 spiro atoms. The first kappa shape index (κ1) is 21.0. The van der Waals surface area contributed by atoms with Gasteiger partial charge in [0.2, 0.25) is 0 Å². The van der Waals surface area contributed by atoms with Crippen LogP contribution in [0.3, 0.4) is 0 Å². The second kappa shape index (κ2) is 11.4. The number of rotatable bonds is 9. The second-order valence-electron chi connectivity index (χ2n) is 6.03. The molecule has 0 amide bonds. The van der Waals surface area contributed by atoms with Gasteiger partial charge in [0, 0.05) is 30.8 Å². The molecular formula is C21H29N3O2S. The summed E-state index contributed by atoms with van der Waals surface area (Å²) in [6, 6.07) is 17.6. The van der Waals surface area contributed by atoms with Gasteiger partial charge in [-0.25, -0.2) is 0 Å². The molecule has 1 N–H and O–H groups in total. The average molecular weight is 388 g/mol. The van der Waals surface area contributed by atoms with E-state index in [1.54, 1.807) is 0 Å². The van der Waals surface area contributed by atoms with Crippen LogP contribution in [0.5, 0.6) is 5.75 Å². The van der Waals surface area contributed by atoms with Crippen LogP contribution in [0, 0.1) is 0 Å². The number of benzene rings is 2. The summed E-state index contributed by atoms with van der Waals surface area (Å²) in [7, 11) is 0.979. The Balaban J connectivity index is 1.93. The molecule has 0 bridgehead atoms. The van der Waals surface area contributed by atoms with E-state index in [-0.39, 0.29) is 0 Å². The molecule has 0 saturated heterocycles. The highest BCUT2D eigenvalue weighted by Crippen LogP contribution is 2.13. The molecule has 2 rings (SSSR count). The zero-order valence-electron chi connectivity index (χ0n) is 16.4. The maximum absolute atomic E-state index is 12.3. The molecule has 2 aromatic carbocycles. The number of hydrogen-bond donors (Lipinski definition) is 1. The third kappa shape index (κ3) is 7.06. The normalized spacial score (nSPS) is 12.5. The molecule has 0 saturated carbocycles. The van der Waals surface area contributed by atoms with E-state index in [1.807, 2.05) is 63.4 Å². The summed E-state index contributed by atoms with van der Waals surface area (Å²) in [6.07, 6.45) is 0. The summed E-state index contributed by atoms with van der Waals surface area (Å²) in [6.45, 7) is 6.72. The highest BCUT2D eigenvalue weighted by Gasteiger charge is 2.08. The molecule has 0 aromatic heterocycles. The molecule has 0 aliphatic rings. The summed E-state index contributed by atoms with van der Waals surface area (Å²) < 4.78 is 17.8. The first-order valence-corrected chi connectivity index (χ1v) is 10.6. The minimum atomic E-state index is -1.03. The van der Waals surface area contributed by atoms with Crippen LogP contribution in [-0.4, -0.2) is 47.6 Å². The quantitative estimate of drug-likeness (QED) is 0.530. The Bertz CT molecular complexity index is 733. The van der Waals surface area contributed by atoms with Crippen LogP contribution in [0.4, 0.5) is 0 Å². The van der Waals surface area contributed by atoms with E-state index < -0.39 is 10.8 Å². The Hall–Kier alpha value is -2.34. The van der Waals surface area contributed by atoms with Crippen LogP contribution in [0.25, 0.3) is 0 Å². The van der Waals surface area contributed by atoms with Crippen molar-refractivity contribution in [3.8, 4) is 5.75 Å². The van der Waals surface area contributed by atoms with Crippen molar-refractivity contribution in [3.05, 3.63) is 60.2 Å². The largest absolute Gasteiger partial charge is 0.494 e. The molecule has 0 aliphatic carbocycles. The van der Waals surface area contributed by atoms with Crippen LogP contribution in [0.1, 0.15) is 19.4 Å². The predicted molar refractivity (Wildman–Crippen MR) is 113 cm³/mol. The summed E-state index contributed by atoms with van der Waals surface area (Å²) in [5.74, 6) is 2.21. The molecule has 0 radical (unpaired) electrons. The number of aliphatic imine (C=N–C) groups is 1. The monoisotopic (exact) mass is 387 g/mol. The van der Waals surface area contributed by atoms with Crippen molar-refractivity contribution in [2.75, 3.05) is 32.5 Å². The van der Waals surface area contributed by atoms with Gasteiger partial charge in [-0.1, -0.05) is 30.3 Å². The molecule has 1 unspecified atom stereocenters. The lowest BCUT2D eigenvalue weighted by atomic mass is 10.2. The van der Waals surface area contributed by atoms with E-state index in [4.69, 9.17) is 4.74 Å². The van der Waals surface area contributed by atoms with Gasteiger partial charge < -0.3 is 15.0 Å². The maximum Gasteiger partial charge on any atom is 0.193 e. The smallest absolute Gasteiger partial charge is 0.193 e. The van der Waals surface area contributed by atoms with Gasteiger partial charge in [0.15, 0.2) is 5.96 Å². The minimum absolute atomic E-state index is 0.510. The zero-order chi connectivity index (χ0) is 19.5. The Labute approximate surface area is 164 Å². The summed E-state index contributed by atoms with van der Waals surface area (Å²) in [4.78, 5) is 7.56. The lowest BCUT2D eigenvalue weighted by Crippen LogP contribution is -2.38. The minimum Gasteiger partial charge on any atom is -0.494 e. The standard InChI is InChI=1S/C21H29N3O2S/c1-4-22-21(23-15-16-27(25)20-9-7-6-8-10-20)24(3)17-18-11-13-19(14-12-18)26-5-2/h6-14H,4-5,15-17H2,1-3H3,(H,22,23). The van der Waals surface area contributed by atoms with Gasteiger partial charge in [0.25, 0.3) is 0 Å². The van der Waals surface area contributed by atoms with Crippen molar-refractivity contribution in [1.29, 1.82) is 0 Å². The van der Waals surface area contributed by atoms with Crippen LogP contribution < -0.4 is 10.1 Å². The number of hydrogen-bond acceptors (Lipinski definition) is 3.